The van der Waals surface area contributed by atoms with Crippen LogP contribution in [0.2, 0.25) is 0 Å². The van der Waals surface area contributed by atoms with Crippen molar-refractivity contribution in [3.63, 3.8) is 0 Å². The number of primary amides is 3. The van der Waals surface area contributed by atoms with Crippen molar-refractivity contribution in [2.24, 2.45) is 40.3 Å². The summed E-state index contributed by atoms with van der Waals surface area (Å²) in [6.45, 7) is 3.90. The molecular weight excluding hydrogens is 1970 g/mol. The van der Waals surface area contributed by atoms with Crippen molar-refractivity contribution < 1.29 is 146 Å². The molecule has 15 atom stereocenters. The third-order valence-corrected chi connectivity index (χ3v) is 25.4. The number of carbonyl (C=O) groups excluding carboxylic acids is 18. The Balaban J connectivity index is 3.43. The zero-order valence-corrected chi connectivity index (χ0v) is 87.5. The van der Waals surface area contributed by atoms with Crippen molar-refractivity contribution in [3.8, 4) is 0 Å². The number of aliphatic carboxylic acids is 4. The Labute approximate surface area is 874 Å². The molecule has 844 valence electrons. The number of aliphatic hydroxyl groups is 2. The predicted octanol–water partition coefficient (Wildman–Crippen LogP) is -0.155. The van der Waals surface area contributed by atoms with E-state index in [0.717, 1.165) is 69.5 Å². The van der Waals surface area contributed by atoms with E-state index >= 15 is 0 Å². The highest BCUT2D eigenvalue weighted by Crippen LogP contribution is 2.20. The van der Waals surface area contributed by atoms with Gasteiger partial charge in [-0.3, -0.25) is 101 Å². The lowest BCUT2D eigenvalue weighted by Crippen LogP contribution is -2.62. The van der Waals surface area contributed by atoms with Gasteiger partial charge in [-0.2, -0.15) is 11.8 Å². The lowest BCUT2D eigenvalue weighted by Gasteiger charge is -2.29. The lowest BCUT2D eigenvalue weighted by atomic mass is 9.97. The molecular formula is C99H167N19O30S. The van der Waals surface area contributed by atoms with E-state index < -0.39 is 292 Å². The fourth-order valence-corrected chi connectivity index (χ4v) is 16.4. The molecule has 49 nitrogen and oxygen atoms in total. The molecule has 1 rings (SSSR count). The highest BCUT2D eigenvalue weighted by molar-refractivity contribution is 7.99. The number of rotatable bonds is 90. The SMILES string of the molecule is CCCCCCCCCCCCCCCC(=O)OCC(CSC[C@H](N)C(=O)NCC(=O)N[C@@H](CC(N)=O)C(=O)N[C@@H](CC(N)=O)C(=O)N[C@@H](CC(=O)O)C(=O)N[C@@H](CCC(=O)O)C(=O)N[C@@H](CO)C(=O)N[C@@H](CC(N)=O)C(=O)N[C@H](C(=O)N[C@@H](CO)C(=O)N[C@@H](Cc1ccccc1)C(=O)N[C@@H](CCCCN)C(=O)N[C@@H](CCC(=O)O)C(=O)N[C@@H](CCCCN)C(=O)O)[C@@H](C)CC)OC(=O)CCCCCCCCCCCCCCC. The number of carbonyl (C=O) groups is 22. The summed E-state index contributed by atoms with van der Waals surface area (Å²) in [4.78, 5) is 294. The number of nitrogens with two attached hydrogens (primary N) is 6. The number of thioether (sulfide) groups is 1. The summed E-state index contributed by atoms with van der Waals surface area (Å²) < 4.78 is 11.4. The maximum atomic E-state index is 14.5. The van der Waals surface area contributed by atoms with Crippen molar-refractivity contribution in [1.82, 2.24) is 69.1 Å². The van der Waals surface area contributed by atoms with Gasteiger partial charge in [-0.1, -0.05) is 219 Å². The molecule has 0 radical (unpaired) electrons. The Morgan fingerprint density at radius 2 is 0.678 bits per heavy atom. The number of carboxylic acid groups (broad SMARTS) is 4. The van der Waals surface area contributed by atoms with Gasteiger partial charge in [-0.05, 0) is 88.8 Å². The molecule has 1 aromatic rings. The maximum Gasteiger partial charge on any atom is 0.326 e. The van der Waals surface area contributed by atoms with Gasteiger partial charge in [-0.15, -0.1) is 0 Å². The standard InChI is InChI=1S/C99H167N19O30S/c1-5-8-10-12-14-16-18-20-22-24-26-28-33-43-84(131)147-59-64(148-85(132)44-34-29-27-25-23-21-19-17-15-13-11-9-6-2)60-149-61-65(102)87(133)106-56-80(124)107-71(52-77(103)121)92(138)113-72(53-78(104)122)93(139)115-74(55-83(129)130)94(140)110-68(46-48-82(127)128)90(136)116-75(57-119)96(142)114-73(54-79(105)123)95(141)118-86(62(4)7-3)98(144)117-76(58-120)97(143)112-70(51-63-39-31-30-32-40-63)91(137)108-66(41-35-37-49-100)88(134)109-67(45-47-81(125)126)89(135)111-69(99(145)146)42-36-38-50-101/h30-32,39-40,62,64-76,86,119-120H,5-29,33-38,41-61,100-102H2,1-4H3,(H2,103,121)(H2,104,122)(H2,105,123)(H,106,133)(H,107,124)(H,108,137)(H,109,134)(H,110,140)(H,111,135)(H,112,143)(H,113,138)(H,114,142)(H,115,139)(H,116,136)(H,117,144)(H,118,141)(H,125,126)(H,127,128)(H,129,130)(H,145,146)/t62-,64?,65-,66-,67-,68-,69-,70-,71-,72-,73-,74-,75-,76-,86-/m0/s1. The van der Waals surface area contributed by atoms with Crippen LogP contribution in [0.5, 0.6) is 0 Å². The number of nitrogens with one attached hydrogen (secondary N) is 13. The quantitative estimate of drug-likeness (QED) is 0.0298. The zero-order valence-electron chi connectivity index (χ0n) is 86.7. The summed E-state index contributed by atoms with van der Waals surface area (Å²) in [5.74, 6) is -28.9. The van der Waals surface area contributed by atoms with E-state index in [9.17, 15) is 136 Å². The Morgan fingerprint density at radius 3 is 1.07 bits per heavy atom. The van der Waals surface area contributed by atoms with Gasteiger partial charge >= 0.3 is 35.8 Å². The number of unbranched alkanes of at least 4 members (excludes halogenated alkanes) is 26. The van der Waals surface area contributed by atoms with E-state index in [4.69, 9.17) is 43.9 Å². The molecule has 31 N–H and O–H groups in total. The van der Waals surface area contributed by atoms with Gasteiger partial charge in [0.05, 0.1) is 51.5 Å². The van der Waals surface area contributed by atoms with Crippen LogP contribution in [0.25, 0.3) is 0 Å². The molecule has 1 unspecified atom stereocenters. The molecule has 16 amide bonds. The van der Waals surface area contributed by atoms with E-state index in [0.29, 0.717) is 31.2 Å². The summed E-state index contributed by atoms with van der Waals surface area (Å²) in [6.07, 6.45) is 21.2. The molecule has 0 heterocycles. The van der Waals surface area contributed by atoms with Gasteiger partial charge in [0.2, 0.25) is 94.5 Å². The Bertz CT molecular complexity index is 4320. The van der Waals surface area contributed by atoms with Crippen molar-refractivity contribution in [3.05, 3.63) is 35.9 Å². The summed E-state index contributed by atoms with van der Waals surface area (Å²) in [5.41, 5.74) is 34.3. The smallest absolute Gasteiger partial charge is 0.326 e. The summed E-state index contributed by atoms with van der Waals surface area (Å²) in [5, 5.41) is 89.1. The van der Waals surface area contributed by atoms with Crippen LogP contribution < -0.4 is 104 Å². The summed E-state index contributed by atoms with van der Waals surface area (Å²) in [7, 11) is 0. The fraction of sp³-hybridized carbons (Fsp3) is 0.717. The van der Waals surface area contributed by atoms with Gasteiger partial charge in [0.1, 0.15) is 85.2 Å². The highest BCUT2D eigenvalue weighted by Gasteiger charge is 2.40. The first kappa shape index (κ1) is 135. The van der Waals surface area contributed by atoms with Crippen LogP contribution >= 0.6 is 11.8 Å². The largest absolute Gasteiger partial charge is 0.481 e. The third kappa shape index (κ3) is 63.3. The zero-order chi connectivity index (χ0) is 112. The van der Waals surface area contributed by atoms with Crippen molar-refractivity contribution >= 4 is 142 Å². The molecule has 1 aromatic carbocycles. The molecule has 0 saturated carbocycles. The van der Waals surface area contributed by atoms with E-state index in [1.54, 1.807) is 37.3 Å². The van der Waals surface area contributed by atoms with E-state index in [1.807, 2.05) is 21.3 Å². The maximum absolute atomic E-state index is 14.5. The molecule has 0 spiro atoms. The highest BCUT2D eigenvalue weighted by atomic mass is 32.2. The van der Waals surface area contributed by atoms with E-state index in [2.05, 4.69) is 61.7 Å². The molecule has 0 aliphatic carbocycles. The first-order valence-electron chi connectivity index (χ1n) is 52.0. The van der Waals surface area contributed by atoms with Crippen LogP contribution in [-0.4, -0.2) is 297 Å². The van der Waals surface area contributed by atoms with Crippen molar-refractivity contribution in [2.45, 2.75) is 395 Å². The number of aliphatic hydroxyl groups excluding tert-OH is 2. The number of hydrogen-bond acceptors (Lipinski definition) is 30. The Morgan fingerprint density at radius 1 is 0.342 bits per heavy atom. The van der Waals surface area contributed by atoms with E-state index in [-0.39, 0.29) is 82.6 Å². The second kappa shape index (κ2) is 80.7. The number of carboxylic acids is 4. The van der Waals surface area contributed by atoms with Crippen LogP contribution in [0.15, 0.2) is 30.3 Å². The minimum Gasteiger partial charge on any atom is -0.481 e. The average Bonchev–Trinajstić information content (AvgIpc) is 0.831. The molecule has 0 fully saturated rings. The van der Waals surface area contributed by atoms with Gasteiger partial charge in [0, 0.05) is 43.6 Å². The van der Waals surface area contributed by atoms with Crippen LogP contribution in [0.3, 0.4) is 0 Å². The van der Waals surface area contributed by atoms with Crippen LogP contribution in [0.1, 0.15) is 309 Å². The van der Waals surface area contributed by atoms with Gasteiger partial charge < -0.3 is 144 Å². The van der Waals surface area contributed by atoms with Gasteiger partial charge in [0.15, 0.2) is 0 Å². The van der Waals surface area contributed by atoms with Gasteiger partial charge in [-0.25, -0.2) is 4.79 Å². The molecule has 149 heavy (non-hydrogen) atoms. The van der Waals surface area contributed by atoms with Crippen LogP contribution in [0.4, 0.5) is 0 Å². The molecule has 0 aromatic heterocycles. The number of amides is 16. The normalized spacial score (nSPS) is 14.1. The average molecular weight is 2140 g/mol. The predicted molar refractivity (Wildman–Crippen MR) is 548 cm³/mol. The lowest BCUT2D eigenvalue weighted by molar-refractivity contribution is -0.157. The molecule has 0 aliphatic rings. The minimum atomic E-state index is -2.35. The van der Waals surface area contributed by atoms with Gasteiger partial charge in [0.25, 0.3) is 0 Å². The number of esters is 2. The first-order chi connectivity index (χ1) is 71.0. The van der Waals surface area contributed by atoms with Crippen LogP contribution in [-0.2, 0) is 121 Å². The number of ether oxygens (including phenoxy) is 2. The second-order valence-corrected chi connectivity index (χ2v) is 38.3. The van der Waals surface area contributed by atoms with Crippen molar-refractivity contribution in [2.75, 3.05) is 51.0 Å². The summed E-state index contributed by atoms with van der Waals surface area (Å²) >= 11 is 1.08. The Hall–Kier alpha value is -12.3. The van der Waals surface area contributed by atoms with Crippen LogP contribution in [0, 0.1) is 5.92 Å². The Kier molecular flexibility index (Phi) is 72.9. The monoisotopic (exact) mass is 2130 g/mol. The number of hydrogen-bond donors (Lipinski definition) is 25. The molecule has 0 saturated heterocycles. The first-order valence-corrected chi connectivity index (χ1v) is 53.1. The topological polar surface area (TPSA) is 828 Å². The summed E-state index contributed by atoms with van der Waals surface area (Å²) in [6, 6.07) is -16.6. The molecule has 50 heteroatoms. The third-order valence-electron chi connectivity index (χ3n) is 24.2. The van der Waals surface area contributed by atoms with Crippen molar-refractivity contribution in [1.29, 1.82) is 0 Å². The fourth-order valence-electron chi connectivity index (χ4n) is 15.5. The molecule has 0 aliphatic heterocycles. The van der Waals surface area contributed by atoms with E-state index in [1.165, 1.54) is 103 Å². The number of benzene rings is 1. The second-order valence-electron chi connectivity index (χ2n) is 37.2. The molecule has 0 bridgehead atoms. The minimum absolute atomic E-state index is 0.0386.